The molecule has 0 bridgehead atoms. The Balaban J connectivity index is 2.44. The quantitative estimate of drug-likeness (QED) is 0.722. The third-order valence-electron chi connectivity index (χ3n) is 2.52. The molecule has 0 saturated heterocycles. The number of carbonyl (C=O) groups excluding carboxylic acids is 1. The Hall–Kier alpha value is -1.43. The molecule has 100 valence electrons. The highest BCUT2D eigenvalue weighted by Gasteiger charge is 2.37. The van der Waals surface area contributed by atoms with Crippen LogP contribution in [-0.2, 0) is 20.9 Å². The lowest BCUT2D eigenvalue weighted by Crippen LogP contribution is -2.48. The van der Waals surface area contributed by atoms with Gasteiger partial charge in [0.2, 0.25) is 0 Å². The molecule has 0 heterocycles. The summed E-state index contributed by atoms with van der Waals surface area (Å²) in [7, 11) is 1.15. The summed E-state index contributed by atoms with van der Waals surface area (Å²) in [5.41, 5.74) is -0.733. The van der Waals surface area contributed by atoms with Crippen LogP contribution in [0.25, 0.3) is 0 Å². The largest absolute Gasteiger partial charge is 0.467 e. The second kappa shape index (κ2) is 6.49. The molecule has 0 saturated carbocycles. The fraction of sp³-hybridized carbons (Fsp3) is 0.462. The van der Waals surface area contributed by atoms with Crippen LogP contribution in [-0.4, -0.2) is 41.6 Å². The van der Waals surface area contributed by atoms with Crippen molar-refractivity contribution >= 4 is 5.97 Å². The van der Waals surface area contributed by atoms with Crippen LogP contribution >= 0.6 is 0 Å². The fourth-order valence-corrected chi connectivity index (χ4v) is 1.39. The third-order valence-corrected chi connectivity index (χ3v) is 2.52. The van der Waals surface area contributed by atoms with Gasteiger partial charge in [0.15, 0.2) is 6.10 Å². The van der Waals surface area contributed by atoms with Crippen LogP contribution in [0, 0.1) is 0 Å². The zero-order chi connectivity index (χ0) is 13.6. The highest BCUT2D eigenvalue weighted by atomic mass is 16.5. The summed E-state index contributed by atoms with van der Waals surface area (Å²) >= 11 is 0. The van der Waals surface area contributed by atoms with Crippen LogP contribution in [0.1, 0.15) is 12.5 Å². The van der Waals surface area contributed by atoms with Crippen molar-refractivity contribution in [3.63, 3.8) is 0 Å². The van der Waals surface area contributed by atoms with E-state index in [2.05, 4.69) is 4.74 Å². The van der Waals surface area contributed by atoms with Gasteiger partial charge in [0.1, 0.15) is 5.60 Å². The Morgan fingerprint density at radius 3 is 2.56 bits per heavy atom. The van der Waals surface area contributed by atoms with Gasteiger partial charge in [-0.15, -0.1) is 0 Å². The van der Waals surface area contributed by atoms with Crippen LogP contribution in [0.3, 0.4) is 0 Å². The minimum Gasteiger partial charge on any atom is -0.467 e. The van der Waals surface area contributed by atoms with E-state index in [1.165, 1.54) is 6.92 Å². The Kier molecular flexibility index (Phi) is 5.27. The van der Waals surface area contributed by atoms with E-state index in [0.29, 0.717) is 6.61 Å². The molecule has 0 aliphatic carbocycles. The van der Waals surface area contributed by atoms with E-state index >= 15 is 0 Å². The minimum atomic E-state index is -1.68. The first-order valence-corrected chi connectivity index (χ1v) is 5.57. The second-order valence-electron chi connectivity index (χ2n) is 4.26. The van der Waals surface area contributed by atoms with Gasteiger partial charge < -0.3 is 19.7 Å². The summed E-state index contributed by atoms with van der Waals surface area (Å²) in [5.74, 6) is -0.886. The normalized spacial score (nSPS) is 15.8. The van der Waals surface area contributed by atoms with Crippen molar-refractivity contribution in [2.24, 2.45) is 0 Å². The Labute approximate surface area is 106 Å². The molecule has 0 fully saturated rings. The number of hydrogen-bond donors (Lipinski definition) is 2. The monoisotopic (exact) mass is 254 g/mol. The number of rotatable bonds is 6. The number of benzene rings is 1. The molecule has 0 aliphatic heterocycles. The molecule has 1 aromatic rings. The maximum Gasteiger partial charge on any atom is 0.337 e. The van der Waals surface area contributed by atoms with Crippen molar-refractivity contribution in [3.8, 4) is 0 Å². The van der Waals surface area contributed by atoms with Gasteiger partial charge in [0, 0.05) is 0 Å². The lowest BCUT2D eigenvalue weighted by molar-refractivity contribution is -0.172. The zero-order valence-electron chi connectivity index (χ0n) is 10.5. The molecule has 0 spiro atoms. The van der Waals surface area contributed by atoms with Gasteiger partial charge >= 0.3 is 5.97 Å². The first-order chi connectivity index (χ1) is 8.47. The van der Waals surface area contributed by atoms with Crippen LogP contribution < -0.4 is 0 Å². The number of aliphatic hydroxyl groups is 2. The molecule has 1 rings (SSSR count). The van der Waals surface area contributed by atoms with Crippen molar-refractivity contribution < 1.29 is 24.5 Å². The smallest absolute Gasteiger partial charge is 0.337 e. The van der Waals surface area contributed by atoms with Gasteiger partial charge in [0.05, 0.1) is 20.3 Å². The Morgan fingerprint density at radius 2 is 2.00 bits per heavy atom. The van der Waals surface area contributed by atoms with Gasteiger partial charge in [-0.2, -0.15) is 0 Å². The molecule has 0 aliphatic rings. The number of carbonyl (C=O) groups is 1. The first kappa shape index (κ1) is 14.6. The standard InChI is InChI=1S/C13H18O5/c1-13(16,11(14)12(15)17-2)9-18-8-10-6-4-3-5-7-10/h3-7,11,14,16H,8-9H2,1-2H3/t11-,13+/m1/s1. The number of esters is 1. The van der Waals surface area contributed by atoms with Crippen molar-refractivity contribution in [1.82, 2.24) is 0 Å². The molecule has 0 amide bonds. The molecule has 1 aromatic carbocycles. The van der Waals surface area contributed by atoms with Gasteiger partial charge in [-0.1, -0.05) is 30.3 Å². The van der Waals surface area contributed by atoms with Crippen LogP contribution in [0.4, 0.5) is 0 Å². The summed E-state index contributed by atoms with van der Waals surface area (Å²) in [6.07, 6.45) is -1.63. The van der Waals surface area contributed by atoms with E-state index in [1.54, 1.807) is 0 Å². The van der Waals surface area contributed by atoms with Crippen LogP contribution in [0.5, 0.6) is 0 Å². The molecule has 5 heteroatoms. The van der Waals surface area contributed by atoms with Crippen molar-refractivity contribution in [2.75, 3.05) is 13.7 Å². The molecule has 18 heavy (non-hydrogen) atoms. The highest BCUT2D eigenvalue weighted by Crippen LogP contribution is 2.13. The second-order valence-corrected chi connectivity index (χ2v) is 4.26. The molecule has 5 nitrogen and oxygen atoms in total. The minimum absolute atomic E-state index is 0.168. The third kappa shape index (κ3) is 4.10. The molecule has 2 atom stereocenters. The van der Waals surface area contributed by atoms with E-state index in [-0.39, 0.29) is 6.61 Å². The SMILES string of the molecule is COC(=O)[C@@H](O)[C@@](C)(O)COCc1ccccc1. The predicted octanol–water partition coefficient (Wildman–Crippen LogP) is 0.488. The van der Waals surface area contributed by atoms with Crippen molar-refractivity contribution in [2.45, 2.75) is 25.2 Å². The summed E-state index contributed by atoms with van der Waals surface area (Å²) in [4.78, 5) is 11.1. The number of aliphatic hydroxyl groups excluding tert-OH is 1. The van der Waals surface area contributed by atoms with E-state index < -0.39 is 17.7 Å². The van der Waals surface area contributed by atoms with E-state index in [1.807, 2.05) is 30.3 Å². The summed E-state index contributed by atoms with van der Waals surface area (Å²) in [6.45, 7) is 1.45. The average Bonchev–Trinajstić information content (AvgIpc) is 2.38. The fourth-order valence-electron chi connectivity index (χ4n) is 1.39. The summed E-state index contributed by atoms with van der Waals surface area (Å²) < 4.78 is 9.64. The Morgan fingerprint density at radius 1 is 1.39 bits per heavy atom. The molecule has 0 radical (unpaired) electrons. The predicted molar refractivity (Wildman–Crippen MR) is 64.7 cm³/mol. The van der Waals surface area contributed by atoms with Gasteiger partial charge in [-0.05, 0) is 12.5 Å². The maximum atomic E-state index is 11.1. The number of methoxy groups -OCH3 is 1. The molecule has 2 N–H and O–H groups in total. The van der Waals surface area contributed by atoms with Crippen molar-refractivity contribution in [1.29, 1.82) is 0 Å². The lowest BCUT2D eigenvalue weighted by atomic mass is 10.0. The lowest BCUT2D eigenvalue weighted by Gasteiger charge is -2.26. The maximum absolute atomic E-state index is 11.1. The van der Waals surface area contributed by atoms with Crippen LogP contribution in [0.15, 0.2) is 30.3 Å². The Bertz CT molecular complexity index is 374. The van der Waals surface area contributed by atoms with Gasteiger partial charge in [0.25, 0.3) is 0 Å². The molecular formula is C13H18O5. The van der Waals surface area contributed by atoms with Gasteiger partial charge in [-0.25, -0.2) is 4.79 Å². The highest BCUT2D eigenvalue weighted by molar-refractivity contribution is 5.75. The van der Waals surface area contributed by atoms with E-state index in [4.69, 9.17) is 4.74 Å². The van der Waals surface area contributed by atoms with E-state index in [9.17, 15) is 15.0 Å². The molecule has 0 unspecified atom stereocenters. The summed E-state index contributed by atoms with van der Waals surface area (Å²) in [6, 6.07) is 9.40. The summed E-state index contributed by atoms with van der Waals surface area (Å²) in [5, 5.41) is 19.4. The topological polar surface area (TPSA) is 76.0 Å². The number of ether oxygens (including phenoxy) is 2. The zero-order valence-corrected chi connectivity index (χ0v) is 10.5. The number of hydrogen-bond acceptors (Lipinski definition) is 5. The first-order valence-electron chi connectivity index (χ1n) is 5.57. The van der Waals surface area contributed by atoms with Crippen molar-refractivity contribution in [3.05, 3.63) is 35.9 Å². The van der Waals surface area contributed by atoms with E-state index in [0.717, 1.165) is 12.7 Å². The van der Waals surface area contributed by atoms with Crippen LogP contribution in [0.2, 0.25) is 0 Å². The average molecular weight is 254 g/mol. The van der Waals surface area contributed by atoms with Gasteiger partial charge in [-0.3, -0.25) is 0 Å². The molecule has 0 aromatic heterocycles. The molecular weight excluding hydrogens is 236 g/mol.